The molecule has 3 heterocycles. The standard InChI is InChI=1S/C34H33NS2/c1-20(2)15-22-11-12-25-21(3)33(37-30(25)16-22)31-19-27-29(36-31)13-14-35-32(27)24-17-23-9-7-8-10-26(23)28(18-24)34(4,5)6/h7-14,16-20H,15H2,1-6H3. The number of hydrogen-bond donors (Lipinski definition) is 0. The van der Waals surface area contributed by atoms with E-state index in [0.717, 1.165) is 12.1 Å². The Morgan fingerprint density at radius 3 is 2.41 bits per heavy atom. The number of pyridine rings is 1. The van der Waals surface area contributed by atoms with Gasteiger partial charge in [-0.05, 0) is 87.9 Å². The summed E-state index contributed by atoms with van der Waals surface area (Å²) in [5.41, 5.74) is 6.51. The number of nitrogens with zero attached hydrogens (tertiary/aromatic N) is 1. The summed E-state index contributed by atoms with van der Waals surface area (Å²) < 4.78 is 2.69. The average molecular weight is 520 g/mol. The molecule has 0 N–H and O–H groups in total. The van der Waals surface area contributed by atoms with E-state index in [1.54, 1.807) is 0 Å². The number of benzene rings is 3. The van der Waals surface area contributed by atoms with Gasteiger partial charge in [-0.2, -0.15) is 0 Å². The summed E-state index contributed by atoms with van der Waals surface area (Å²) >= 11 is 3.82. The van der Waals surface area contributed by atoms with Crippen molar-refractivity contribution in [1.82, 2.24) is 4.98 Å². The average Bonchev–Trinajstić information content (AvgIpc) is 3.43. The van der Waals surface area contributed by atoms with Crippen LogP contribution in [0.3, 0.4) is 0 Å². The second-order valence-corrected chi connectivity index (χ2v) is 13.8. The van der Waals surface area contributed by atoms with E-state index in [0.29, 0.717) is 5.92 Å². The monoisotopic (exact) mass is 519 g/mol. The van der Waals surface area contributed by atoms with Crippen molar-refractivity contribution in [1.29, 1.82) is 0 Å². The summed E-state index contributed by atoms with van der Waals surface area (Å²) in [6.07, 6.45) is 3.10. The topological polar surface area (TPSA) is 12.9 Å². The second kappa shape index (κ2) is 9.08. The number of rotatable bonds is 4. The van der Waals surface area contributed by atoms with Gasteiger partial charge in [-0.1, -0.05) is 71.0 Å². The van der Waals surface area contributed by atoms with Gasteiger partial charge in [-0.25, -0.2) is 0 Å². The Balaban J connectivity index is 1.51. The highest BCUT2D eigenvalue weighted by Gasteiger charge is 2.20. The van der Waals surface area contributed by atoms with Crippen LogP contribution in [-0.4, -0.2) is 4.98 Å². The van der Waals surface area contributed by atoms with Gasteiger partial charge in [0.2, 0.25) is 0 Å². The highest BCUT2D eigenvalue weighted by Crippen LogP contribution is 2.45. The molecule has 3 heteroatoms. The Kier molecular flexibility index (Phi) is 5.97. The minimum Gasteiger partial charge on any atom is -0.256 e. The normalized spacial score (nSPS) is 12.4. The van der Waals surface area contributed by atoms with Crippen LogP contribution in [-0.2, 0) is 11.8 Å². The molecule has 0 saturated heterocycles. The summed E-state index contributed by atoms with van der Waals surface area (Å²) in [5.74, 6) is 0.667. The number of fused-ring (bicyclic) bond motifs is 3. The predicted octanol–water partition coefficient (Wildman–Crippen LogP) is 10.8. The molecule has 3 aromatic heterocycles. The van der Waals surface area contributed by atoms with Gasteiger partial charge in [0.1, 0.15) is 0 Å². The van der Waals surface area contributed by atoms with Crippen molar-refractivity contribution >= 4 is 53.6 Å². The van der Waals surface area contributed by atoms with Crippen LogP contribution in [0.15, 0.2) is 72.9 Å². The number of aryl methyl sites for hydroxylation is 1. The maximum Gasteiger partial charge on any atom is 0.0789 e. The van der Waals surface area contributed by atoms with Crippen LogP contribution in [0.4, 0.5) is 0 Å². The molecule has 186 valence electrons. The first kappa shape index (κ1) is 24.3. The van der Waals surface area contributed by atoms with Crippen LogP contribution in [0.5, 0.6) is 0 Å². The maximum atomic E-state index is 4.93. The van der Waals surface area contributed by atoms with Crippen LogP contribution in [0.25, 0.3) is 52.0 Å². The van der Waals surface area contributed by atoms with Crippen molar-refractivity contribution in [3.05, 3.63) is 89.6 Å². The quantitative estimate of drug-likeness (QED) is 0.226. The maximum absolute atomic E-state index is 4.93. The van der Waals surface area contributed by atoms with Crippen molar-refractivity contribution in [2.45, 2.75) is 53.4 Å². The first-order valence-electron chi connectivity index (χ1n) is 13.1. The van der Waals surface area contributed by atoms with Crippen LogP contribution < -0.4 is 0 Å². The number of aromatic nitrogens is 1. The lowest BCUT2D eigenvalue weighted by molar-refractivity contribution is 0.596. The van der Waals surface area contributed by atoms with Gasteiger partial charge in [0.25, 0.3) is 0 Å². The molecule has 0 unspecified atom stereocenters. The molecular formula is C34H33NS2. The van der Waals surface area contributed by atoms with Crippen LogP contribution in [0, 0.1) is 12.8 Å². The molecular weight excluding hydrogens is 487 g/mol. The predicted molar refractivity (Wildman–Crippen MR) is 165 cm³/mol. The molecule has 0 atom stereocenters. The van der Waals surface area contributed by atoms with E-state index in [-0.39, 0.29) is 5.41 Å². The lowest BCUT2D eigenvalue weighted by Crippen LogP contribution is -2.12. The summed E-state index contributed by atoms with van der Waals surface area (Å²) in [7, 11) is 0. The molecule has 0 spiro atoms. The molecule has 0 amide bonds. The van der Waals surface area contributed by atoms with Crippen LogP contribution >= 0.6 is 22.7 Å². The van der Waals surface area contributed by atoms with Crippen LogP contribution in [0.2, 0.25) is 0 Å². The highest BCUT2D eigenvalue weighted by molar-refractivity contribution is 7.28. The van der Waals surface area contributed by atoms with Gasteiger partial charge in [0.15, 0.2) is 0 Å². The van der Waals surface area contributed by atoms with Crippen molar-refractivity contribution in [3.63, 3.8) is 0 Å². The van der Waals surface area contributed by atoms with Crippen molar-refractivity contribution in [2.75, 3.05) is 0 Å². The Bertz CT molecular complexity index is 1780. The molecule has 1 nitrogen and oxygen atoms in total. The molecule has 0 radical (unpaired) electrons. The molecule has 0 aliphatic carbocycles. The Hall–Kier alpha value is -3.01. The zero-order valence-electron chi connectivity index (χ0n) is 22.5. The third kappa shape index (κ3) is 4.39. The third-order valence-electron chi connectivity index (χ3n) is 7.26. The van der Waals surface area contributed by atoms with Gasteiger partial charge in [-0.3, -0.25) is 4.98 Å². The first-order chi connectivity index (χ1) is 17.7. The fourth-order valence-corrected chi connectivity index (χ4v) is 7.96. The molecule has 0 bridgehead atoms. The van der Waals surface area contributed by atoms with E-state index in [4.69, 9.17) is 4.98 Å². The van der Waals surface area contributed by atoms with Crippen molar-refractivity contribution < 1.29 is 0 Å². The smallest absolute Gasteiger partial charge is 0.0789 e. The van der Waals surface area contributed by atoms with Crippen LogP contribution in [0.1, 0.15) is 51.3 Å². The van der Waals surface area contributed by atoms with Crippen molar-refractivity contribution in [3.8, 4) is 21.0 Å². The minimum atomic E-state index is 0.0475. The van der Waals surface area contributed by atoms with E-state index in [1.165, 1.54) is 63.0 Å². The fourth-order valence-electron chi connectivity index (χ4n) is 5.48. The van der Waals surface area contributed by atoms with E-state index in [9.17, 15) is 0 Å². The van der Waals surface area contributed by atoms with E-state index in [1.807, 2.05) is 28.9 Å². The van der Waals surface area contributed by atoms with Crippen molar-refractivity contribution in [2.24, 2.45) is 5.92 Å². The molecule has 0 fully saturated rings. The van der Waals surface area contributed by atoms with E-state index >= 15 is 0 Å². The zero-order valence-corrected chi connectivity index (χ0v) is 24.1. The number of thiophene rings is 2. The molecule has 0 aliphatic heterocycles. The van der Waals surface area contributed by atoms with Gasteiger partial charge in [0, 0.05) is 36.3 Å². The largest absolute Gasteiger partial charge is 0.256 e. The molecule has 6 aromatic rings. The SMILES string of the molecule is Cc1c(-c2cc3c(-c4cc(C(C)(C)C)c5ccccc5c4)nccc3s2)sc2cc(CC(C)C)ccc12. The van der Waals surface area contributed by atoms with Gasteiger partial charge in [-0.15, -0.1) is 22.7 Å². The molecule has 0 saturated carbocycles. The summed E-state index contributed by atoms with van der Waals surface area (Å²) in [6.45, 7) is 13.7. The zero-order chi connectivity index (χ0) is 25.9. The Labute approximate surface area is 227 Å². The molecule has 0 aliphatic rings. The molecule has 3 aromatic carbocycles. The Morgan fingerprint density at radius 2 is 1.62 bits per heavy atom. The van der Waals surface area contributed by atoms with Gasteiger partial charge >= 0.3 is 0 Å². The number of hydrogen-bond acceptors (Lipinski definition) is 3. The molecule has 6 rings (SSSR count). The summed E-state index contributed by atoms with van der Waals surface area (Å²) in [4.78, 5) is 7.65. The van der Waals surface area contributed by atoms with Gasteiger partial charge in [0.05, 0.1) is 5.69 Å². The third-order valence-corrected chi connectivity index (χ3v) is 9.79. The fraction of sp³-hybridized carbons (Fsp3) is 0.265. The lowest BCUT2D eigenvalue weighted by Gasteiger charge is -2.22. The molecule has 37 heavy (non-hydrogen) atoms. The second-order valence-electron chi connectivity index (χ2n) is 11.7. The van der Waals surface area contributed by atoms with Gasteiger partial charge < -0.3 is 0 Å². The summed E-state index contributed by atoms with van der Waals surface area (Å²) in [5, 5.41) is 5.23. The highest BCUT2D eigenvalue weighted by atomic mass is 32.1. The Morgan fingerprint density at radius 1 is 0.811 bits per heavy atom. The summed E-state index contributed by atoms with van der Waals surface area (Å²) in [6, 6.07) is 25.0. The van der Waals surface area contributed by atoms with E-state index in [2.05, 4.69) is 108 Å². The van der Waals surface area contributed by atoms with E-state index < -0.39 is 0 Å². The first-order valence-corrected chi connectivity index (χ1v) is 14.8. The lowest BCUT2D eigenvalue weighted by atomic mass is 9.82. The minimum absolute atomic E-state index is 0.0475.